The van der Waals surface area contributed by atoms with Crippen molar-refractivity contribution in [2.45, 2.75) is 25.6 Å². The summed E-state index contributed by atoms with van der Waals surface area (Å²) in [6, 6.07) is 12.5. The summed E-state index contributed by atoms with van der Waals surface area (Å²) in [6.07, 6.45) is 2.81. The molecule has 1 aliphatic rings. The number of ether oxygens (including phenoxy) is 1. The molecule has 2 aromatic carbocycles. The number of non-ortho nitro benzene ring substituents is 2. The van der Waals surface area contributed by atoms with E-state index in [0.717, 1.165) is 18.7 Å². The highest BCUT2D eigenvalue weighted by Gasteiger charge is 2.31. The summed E-state index contributed by atoms with van der Waals surface area (Å²) in [7, 11) is 1.52. The molecule has 0 N–H and O–H groups in total. The van der Waals surface area contributed by atoms with Crippen molar-refractivity contribution in [3.05, 3.63) is 96.8 Å². The van der Waals surface area contributed by atoms with Gasteiger partial charge in [-0.3, -0.25) is 25.1 Å². The zero-order valence-electron chi connectivity index (χ0n) is 17.3. The van der Waals surface area contributed by atoms with Crippen molar-refractivity contribution in [1.82, 2.24) is 9.47 Å². The Morgan fingerprint density at radius 3 is 2.50 bits per heavy atom. The molecule has 0 radical (unpaired) electrons. The number of methoxy groups -OCH3 is 1. The van der Waals surface area contributed by atoms with E-state index in [0.29, 0.717) is 35.0 Å². The molecule has 9 nitrogen and oxygen atoms in total. The fourth-order valence-electron chi connectivity index (χ4n) is 4.24. The van der Waals surface area contributed by atoms with E-state index in [2.05, 4.69) is 9.47 Å². The van der Waals surface area contributed by atoms with Gasteiger partial charge < -0.3 is 9.30 Å². The van der Waals surface area contributed by atoms with Gasteiger partial charge in [0, 0.05) is 71.9 Å². The average molecular weight is 457 g/mol. The lowest BCUT2D eigenvalue weighted by molar-refractivity contribution is -0.385. The Labute approximate surface area is 189 Å². The highest BCUT2D eigenvalue weighted by atomic mass is 35.5. The van der Waals surface area contributed by atoms with Gasteiger partial charge in [-0.05, 0) is 30.7 Å². The molecular weight excluding hydrogens is 436 g/mol. The fraction of sp³-hybridized carbons (Fsp3) is 0.273. The third-order valence-corrected chi connectivity index (χ3v) is 6.03. The van der Waals surface area contributed by atoms with Gasteiger partial charge in [0.05, 0.1) is 23.0 Å². The standard InChI is InChI=1S/C22H21ClN4O5/c1-32-21-8-6-16(26(28)29)12-15(21)14-25-11-3-10-24-9-2-4-20(24)22(25)18-13-17(27(30)31)5-7-19(18)23/h2,4-9,12-13,22H,3,10-11,14H2,1H3/t22-/m1/s1. The van der Waals surface area contributed by atoms with E-state index in [9.17, 15) is 20.2 Å². The molecule has 166 valence electrons. The van der Waals surface area contributed by atoms with Crippen molar-refractivity contribution in [3.8, 4) is 5.75 Å². The van der Waals surface area contributed by atoms with Crippen LogP contribution in [0.25, 0.3) is 0 Å². The predicted molar refractivity (Wildman–Crippen MR) is 119 cm³/mol. The second-order valence-electron chi connectivity index (χ2n) is 7.57. The van der Waals surface area contributed by atoms with Crippen LogP contribution in [0.5, 0.6) is 5.75 Å². The number of nitro benzene ring substituents is 2. The molecule has 1 atom stereocenters. The number of hydrogen-bond donors (Lipinski definition) is 0. The lowest BCUT2D eigenvalue weighted by Crippen LogP contribution is -2.30. The molecule has 4 rings (SSSR count). The maximum Gasteiger partial charge on any atom is 0.270 e. The molecule has 10 heteroatoms. The summed E-state index contributed by atoms with van der Waals surface area (Å²) in [4.78, 5) is 24.0. The average Bonchev–Trinajstić information content (AvgIpc) is 3.16. The van der Waals surface area contributed by atoms with Crippen molar-refractivity contribution in [2.75, 3.05) is 13.7 Å². The Morgan fingerprint density at radius 2 is 1.78 bits per heavy atom. The van der Waals surface area contributed by atoms with Crippen molar-refractivity contribution in [2.24, 2.45) is 0 Å². The molecule has 1 aromatic heterocycles. The zero-order chi connectivity index (χ0) is 22.8. The van der Waals surface area contributed by atoms with Crippen LogP contribution in [0.1, 0.15) is 29.3 Å². The number of fused-ring (bicyclic) bond motifs is 1. The van der Waals surface area contributed by atoms with Gasteiger partial charge in [0.1, 0.15) is 5.75 Å². The number of nitrogens with zero attached hydrogens (tertiary/aromatic N) is 4. The van der Waals surface area contributed by atoms with Crippen LogP contribution in [0.4, 0.5) is 11.4 Å². The van der Waals surface area contributed by atoms with Gasteiger partial charge in [0.25, 0.3) is 11.4 Å². The molecule has 0 saturated heterocycles. The van der Waals surface area contributed by atoms with E-state index in [-0.39, 0.29) is 17.4 Å². The first kappa shape index (κ1) is 21.8. The van der Waals surface area contributed by atoms with E-state index in [1.165, 1.54) is 31.4 Å². The van der Waals surface area contributed by atoms with Crippen molar-refractivity contribution < 1.29 is 14.6 Å². The molecule has 0 bridgehead atoms. The topological polar surface area (TPSA) is 104 Å². The lowest BCUT2D eigenvalue weighted by atomic mass is 10.00. The number of aromatic nitrogens is 1. The van der Waals surface area contributed by atoms with Gasteiger partial charge in [-0.25, -0.2) is 0 Å². The van der Waals surface area contributed by atoms with Gasteiger partial charge in [0.2, 0.25) is 0 Å². The Balaban J connectivity index is 1.83. The number of hydrogen-bond acceptors (Lipinski definition) is 6. The highest BCUT2D eigenvalue weighted by Crippen LogP contribution is 2.39. The Bertz CT molecular complexity index is 1180. The van der Waals surface area contributed by atoms with Gasteiger partial charge in [-0.1, -0.05) is 11.6 Å². The molecule has 2 heterocycles. The second kappa shape index (κ2) is 8.97. The smallest absolute Gasteiger partial charge is 0.270 e. The summed E-state index contributed by atoms with van der Waals surface area (Å²) in [5.74, 6) is 0.541. The van der Waals surface area contributed by atoms with E-state index in [4.69, 9.17) is 16.3 Å². The number of benzene rings is 2. The third kappa shape index (κ3) is 4.17. The fourth-order valence-corrected chi connectivity index (χ4v) is 4.46. The van der Waals surface area contributed by atoms with E-state index in [1.807, 2.05) is 18.3 Å². The Kier molecular flexibility index (Phi) is 6.11. The maximum atomic E-state index is 11.4. The molecule has 1 aliphatic heterocycles. The van der Waals surface area contributed by atoms with Gasteiger partial charge in [-0.15, -0.1) is 0 Å². The van der Waals surface area contributed by atoms with Crippen LogP contribution in [0.15, 0.2) is 54.7 Å². The first-order valence-corrected chi connectivity index (χ1v) is 10.4. The summed E-state index contributed by atoms with van der Waals surface area (Å²) in [5.41, 5.74) is 2.17. The molecule has 0 fully saturated rings. The van der Waals surface area contributed by atoms with Crippen LogP contribution < -0.4 is 4.74 Å². The predicted octanol–water partition coefficient (Wildman–Crippen LogP) is 4.96. The van der Waals surface area contributed by atoms with Crippen LogP contribution >= 0.6 is 11.6 Å². The van der Waals surface area contributed by atoms with Crippen LogP contribution in [-0.4, -0.2) is 33.0 Å². The Morgan fingerprint density at radius 1 is 1.06 bits per heavy atom. The summed E-state index contributed by atoms with van der Waals surface area (Å²) < 4.78 is 7.57. The molecular formula is C22H21ClN4O5. The van der Waals surface area contributed by atoms with Gasteiger partial charge >= 0.3 is 0 Å². The minimum Gasteiger partial charge on any atom is -0.496 e. The molecule has 0 amide bonds. The SMILES string of the molecule is COc1ccc([N+](=O)[O-])cc1CN1CCCn2cccc2[C@H]1c1cc([N+](=O)[O-])ccc1Cl. The molecule has 0 spiro atoms. The van der Waals surface area contributed by atoms with E-state index < -0.39 is 9.85 Å². The highest BCUT2D eigenvalue weighted by molar-refractivity contribution is 6.31. The van der Waals surface area contributed by atoms with Crippen LogP contribution in [0, 0.1) is 20.2 Å². The van der Waals surface area contributed by atoms with E-state index in [1.54, 1.807) is 12.1 Å². The maximum absolute atomic E-state index is 11.4. The zero-order valence-corrected chi connectivity index (χ0v) is 18.1. The Hall–Kier alpha value is -3.43. The third-order valence-electron chi connectivity index (χ3n) is 5.69. The summed E-state index contributed by atoms with van der Waals surface area (Å²) >= 11 is 6.54. The molecule has 32 heavy (non-hydrogen) atoms. The molecule has 0 aliphatic carbocycles. The normalized spacial score (nSPS) is 16.2. The van der Waals surface area contributed by atoms with Gasteiger partial charge in [-0.2, -0.15) is 0 Å². The molecule has 0 unspecified atom stereocenters. The quantitative estimate of drug-likeness (QED) is 0.383. The van der Waals surface area contributed by atoms with Crippen LogP contribution in [0.3, 0.4) is 0 Å². The van der Waals surface area contributed by atoms with E-state index >= 15 is 0 Å². The summed E-state index contributed by atoms with van der Waals surface area (Å²) in [6.45, 7) is 1.80. The van der Waals surface area contributed by atoms with Crippen molar-refractivity contribution in [1.29, 1.82) is 0 Å². The minimum absolute atomic E-state index is 0.0241. The molecule has 3 aromatic rings. The first-order chi connectivity index (χ1) is 15.4. The lowest BCUT2D eigenvalue weighted by Gasteiger charge is -2.31. The largest absolute Gasteiger partial charge is 0.496 e. The molecule has 0 saturated carbocycles. The van der Waals surface area contributed by atoms with Crippen LogP contribution in [-0.2, 0) is 13.1 Å². The first-order valence-electron chi connectivity index (χ1n) is 10.0. The van der Waals surface area contributed by atoms with Crippen molar-refractivity contribution in [3.63, 3.8) is 0 Å². The summed E-state index contributed by atoms with van der Waals surface area (Å²) in [5, 5.41) is 23.2. The monoisotopic (exact) mass is 456 g/mol. The second-order valence-corrected chi connectivity index (χ2v) is 7.98. The number of rotatable bonds is 6. The van der Waals surface area contributed by atoms with Gasteiger partial charge in [0.15, 0.2) is 0 Å². The number of halogens is 1. The number of aryl methyl sites for hydroxylation is 1. The minimum atomic E-state index is -0.441. The number of nitro groups is 2. The van der Waals surface area contributed by atoms with Crippen molar-refractivity contribution >= 4 is 23.0 Å². The van der Waals surface area contributed by atoms with Crippen LogP contribution in [0.2, 0.25) is 5.02 Å².